The summed E-state index contributed by atoms with van der Waals surface area (Å²) >= 11 is 0. The highest BCUT2D eigenvalue weighted by molar-refractivity contribution is 6.03. The Labute approximate surface area is 98.9 Å². The molecule has 88 valence electrons. The molecule has 0 unspecified atom stereocenters. The molecule has 0 saturated heterocycles. The Bertz CT molecular complexity index is 354. The van der Waals surface area contributed by atoms with Crippen molar-refractivity contribution >= 4 is 5.78 Å². The maximum atomic E-state index is 11.7. The minimum atomic E-state index is 0.0710. The van der Waals surface area contributed by atoms with Gasteiger partial charge in [-0.05, 0) is 50.2 Å². The van der Waals surface area contributed by atoms with E-state index >= 15 is 0 Å². The summed E-state index contributed by atoms with van der Waals surface area (Å²) in [5.74, 6) is 0.146. The van der Waals surface area contributed by atoms with Gasteiger partial charge in [0.05, 0.1) is 0 Å². The van der Waals surface area contributed by atoms with Crippen molar-refractivity contribution in [2.24, 2.45) is 5.41 Å². The summed E-state index contributed by atoms with van der Waals surface area (Å²) in [6, 6.07) is 0. The van der Waals surface area contributed by atoms with Crippen LogP contribution in [0.15, 0.2) is 35.5 Å². The standard InChI is InChI=1S/C15H22O/c1-12-6-5-7-13(2)14(16)9-11-15(3,4)10-8-12/h7-9,11H,5-6,10H2,1-4H3/b11-9+,12-8+,13-7-. The van der Waals surface area contributed by atoms with E-state index in [9.17, 15) is 4.79 Å². The predicted molar refractivity (Wildman–Crippen MR) is 69.3 cm³/mol. The van der Waals surface area contributed by atoms with Gasteiger partial charge in [0.2, 0.25) is 0 Å². The molecule has 0 aliphatic heterocycles. The fourth-order valence-electron chi connectivity index (χ4n) is 1.66. The summed E-state index contributed by atoms with van der Waals surface area (Å²) in [5, 5.41) is 0. The van der Waals surface area contributed by atoms with E-state index in [1.165, 1.54) is 5.57 Å². The zero-order chi connectivity index (χ0) is 12.2. The summed E-state index contributed by atoms with van der Waals surface area (Å²) in [7, 11) is 0. The fraction of sp³-hybridized carbons (Fsp3) is 0.533. The van der Waals surface area contributed by atoms with Crippen LogP contribution in [0.25, 0.3) is 0 Å². The lowest BCUT2D eigenvalue weighted by Gasteiger charge is -2.18. The van der Waals surface area contributed by atoms with Crippen LogP contribution in [0, 0.1) is 5.41 Å². The zero-order valence-electron chi connectivity index (χ0n) is 10.8. The summed E-state index contributed by atoms with van der Waals surface area (Å²) in [4.78, 5) is 11.7. The summed E-state index contributed by atoms with van der Waals surface area (Å²) in [6.45, 7) is 8.40. The van der Waals surface area contributed by atoms with Gasteiger partial charge in [-0.15, -0.1) is 0 Å². The molecule has 0 heterocycles. The van der Waals surface area contributed by atoms with E-state index < -0.39 is 0 Å². The number of allylic oxidation sites excluding steroid dienone is 6. The highest BCUT2D eigenvalue weighted by Gasteiger charge is 2.13. The second-order valence-corrected chi connectivity index (χ2v) is 5.37. The minimum Gasteiger partial charge on any atom is -0.290 e. The molecule has 0 radical (unpaired) electrons. The molecule has 16 heavy (non-hydrogen) atoms. The topological polar surface area (TPSA) is 17.1 Å². The number of hydrogen-bond donors (Lipinski definition) is 0. The number of ketones is 1. The highest BCUT2D eigenvalue weighted by atomic mass is 16.1. The molecular weight excluding hydrogens is 196 g/mol. The average molecular weight is 218 g/mol. The first kappa shape index (κ1) is 13.0. The molecule has 0 aromatic carbocycles. The molecule has 0 fully saturated rings. The second kappa shape index (κ2) is 5.29. The Morgan fingerprint density at radius 2 is 1.88 bits per heavy atom. The molecular formula is C15H22O. The highest BCUT2D eigenvalue weighted by Crippen LogP contribution is 2.25. The summed E-state index contributed by atoms with van der Waals surface area (Å²) in [6.07, 6.45) is 11.1. The minimum absolute atomic E-state index is 0.0710. The zero-order valence-corrected chi connectivity index (χ0v) is 10.8. The van der Waals surface area contributed by atoms with Crippen LogP contribution in [-0.2, 0) is 4.79 Å². The lowest BCUT2D eigenvalue weighted by atomic mass is 9.87. The van der Waals surface area contributed by atoms with Crippen LogP contribution in [0.1, 0.15) is 47.0 Å². The maximum Gasteiger partial charge on any atom is 0.180 e. The number of hydrogen-bond acceptors (Lipinski definition) is 1. The van der Waals surface area contributed by atoms with Crippen molar-refractivity contribution in [1.82, 2.24) is 0 Å². The molecule has 0 bridgehead atoms. The van der Waals surface area contributed by atoms with Crippen molar-refractivity contribution in [2.75, 3.05) is 0 Å². The summed E-state index contributed by atoms with van der Waals surface area (Å²) < 4.78 is 0. The third kappa shape index (κ3) is 4.18. The Kier molecular flexibility index (Phi) is 4.28. The van der Waals surface area contributed by atoms with Gasteiger partial charge in [0.1, 0.15) is 0 Å². The molecule has 0 aromatic rings. The van der Waals surface area contributed by atoms with Gasteiger partial charge in [-0.2, -0.15) is 0 Å². The molecule has 1 rings (SSSR count). The van der Waals surface area contributed by atoms with Crippen molar-refractivity contribution in [1.29, 1.82) is 0 Å². The van der Waals surface area contributed by atoms with Gasteiger partial charge < -0.3 is 0 Å². The molecule has 1 aliphatic carbocycles. The van der Waals surface area contributed by atoms with E-state index in [2.05, 4.69) is 26.8 Å². The van der Waals surface area contributed by atoms with Crippen LogP contribution >= 0.6 is 0 Å². The molecule has 1 nitrogen and oxygen atoms in total. The van der Waals surface area contributed by atoms with Gasteiger partial charge in [-0.3, -0.25) is 4.79 Å². The Morgan fingerprint density at radius 3 is 2.56 bits per heavy atom. The quantitative estimate of drug-likeness (QED) is 0.556. The van der Waals surface area contributed by atoms with E-state index in [1.54, 1.807) is 6.08 Å². The van der Waals surface area contributed by atoms with E-state index in [4.69, 9.17) is 0 Å². The van der Waals surface area contributed by atoms with Crippen molar-refractivity contribution < 1.29 is 4.79 Å². The number of rotatable bonds is 0. The van der Waals surface area contributed by atoms with Crippen LogP contribution in [0.5, 0.6) is 0 Å². The van der Waals surface area contributed by atoms with Gasteiger partial charge in [-0.1, -0.05) is 37.6 Å². The third-order valence-corrected chi connectivity index (χ3v) is 3.04. The van der Waals surface area contributed by atoms with Crippen molar-refractivity contribution in [3.8, 4) is 0 Å². The monoisotopic (exact) mass is 218 g/mol. The van der Waals surface area contributed by atoms with Crippen molar-refractivity contribution in [3.63, 3.8) is 0 Å². The van der Waals surface area contributed by atoms with Crippen LogP contribution in [0.2, 0.25) is 0 Å². The van der Waals surface area contributed by atoms with Crippen LogP contribution < -0.4 is 0 Å². The largest absolute Gasteiger partial charge is 0.290 e. The predicted octanol–water partition coefficient (Wildman–Crippen LogP) is 4.21. The fourth-order valence-corrected chi connectivity index (χ4v) is 1.66. The first-order valence-electron chi connectivity index (χ1n) is 5.97. The van der Waals surface area contributed by atoms with Gasteiger partial charge in [0, 0.05) is 0 Å². The Morgan fingerprint density at radius 1 is 1.19 bits per heavy atom. The van der Waals surface area contributed by atoms with E-state index in [1.807, 2.05) is 19.1 Å². The van der Waals surface area contributed by atoms with Gasteiger partial charge >= 0.3 is 0 Å². The first-order valence-corrected chi connectivity index (χ1v) is 5.97. The normalized spacial score (nSPS) is 30.6. The Hall–Kier alpha value is -1.11. The van der Waals surface area contributed by atoms with Crippen LogP contribution in [0.4, 0.5) is 0 Å². The number of carbonyl (C=O) groups is 1. The molecule has 1 aliphatic rings. The van der Waals surface area contributed by atoms with Crippen LogP contribution in [-0.4, -0.2) is 5.78 Å². The van der Waals surface area contributed by atoms with Gasteiger partial charge in [0.25, 0.3) is 0 Å². The van der Waals surface area contributed by atoms with Crippen LogP contribution in [0.3, 0.4) is 0 Å². The van der Waals surface area contributed by atoms with Crippen molar-refractivity contribution in [3.05, 3.63) is 35.5 Å². The molecule has 0 N–H and O–H groups in total. The van der Waals surface area contributed by atoms with E-state index in [-0.39, 0.29) is 11.2 Å². The van der Waals surface area contributed by atoms with Gasteiger partial charge in [0.15, 0.2) is 5.78 Å². The summed E-state index contributed by atoms with van der Waals surface area (Å²) in [5.41, 5.74) is 2.35. The lowest BCUT2D eigenvalue weighted by molar-refractivity contribution is -0.111. The van der Waals surface area contributed by atoms with Gasteiger partial charge in [-0.25, -0.2) is 0 Å². The SMILES string of the molecule is C/C1=C/CC/C(C)=C/CC(C)(C)/C=C/C1=O. The lowest BCUT2D eigenvalue weighted by Crippen LogP contribution is -2.07. The maximum absolute atomic E-state index is 11.7. The van der Waals surface area contributed by atoms with Crippen molar-refractivity contribution in [2.45, 2.75) is 47.0 Å². The molecule has 0 saturated carbocycles. The molecule has 0 amide bonds. The molecule has 0 aromatic heterocycles. The van der Waals surface area contributed by atoms with E-state index in [0.29, 0.717) is 0 Å². The molecule has 0 atom stereocenters. The molecule has 1 heteroatoms. The first-order chi connectivity index (χ1) is 7.41. The Balaban J connectivity index is 2.95. The average Bonchev–Trinajstić information content (AvgIpc) is 2.23. The second-order valence-electron chi connectivity index (χ2n) is 5.37. The van der Waals surface area contributed by atoms with E-state index in [0.717, 1.165) is 24.8 Å². The molecule has 0 spiro atoms. The number of carbonyl (C=O) groups excluding carboxylic acids is 1. The smallest absolute Gasteiger partial charge is 0.180 e. The third-order valence-electron chi connectivity index (χ3n) is 3.04.